The van der Waals surface area contributed by atoms with E-state index in [4.69, 9.17) is 5.11 Å². The Morgan fingerprint density at radius 2 is 2.00 bits per heavy atom. The highest BCUT2D eigenvalue weighted by Crippen LogP contribution is 2.58. The van der Waals surface area contributed by atoms with Gasteiger partial charge >= 0.3 is 12.3 Å². The number of amides is 1. The van der Waals surface area contributed by atoms with Crippen molar-refractivity contribution in [2.75, 3.05) is 13.1 Å². The maximum absolute atomic E-state index is 12.9. The molecule has 2 heterocycles. The summed E-state index contributed by atoms with van der Waals surface area (Å²) in [5.74, 6) is 0.0358. The van der Waals surface area contributed by atoms with Crippen LogP contribution in [0.5, 0.6) is 0 Å². The first-order valence-electron chi connectivity index (χ1n) is 6.34. The summed E-state index contributed by atoms with van der Waals surface area (Å²) in [7, 11) is 0. The Kier molecular flexibility index (Phi) is 2.71. The van der Waals surface area contributed by atoms with Gasteiger partial charge in [0.25, 0.3) is 0 Å². The lowest BCUT2D eigenvalue weighted by molar-refractivity contribution is -0.161. The van der Waals surface area contributed by atoms with Crippen LogP contribution < -0.4 is 0 Å². The Morgan fingerprint density at radius 1 is 1.35 bits per heavy atom. The fourth-order valence-electron chi connectivity index (χ4n) is 2.59. The number of carbonyl (C=O) groups is 1. The number of likely N-dealkylation sites (tertiary alicyclic amines) is 1. The number of aromatic nitrogens is 1. The molecule has 1 saturated carbocycles. The zero-order valence-corrected chi connectivity index (χ0v) is 10.5. The largest absolute Gasteiger partial charge is 0.465 e. The Bertz CT molecular complexity index is 532. The maximum Gasteiger partial charge on any atom is 0.407 e. The number of nitrogens with zero attached hydrogens (tertiary/aromatic N) is 2. The van der Waals surface area contributed by atoms with Crippen LogP contribution in [0.2, 0.25) is 0 Å². The zero-order chi connectivity index (χ0) is 14.5. The molecule has 1 saturated heterocycles. The van der Waals surface area contributed by atoms with E-state index >= 15 is 0 Å². The number of hydrogen-bond donors (Lipinski definition) is 1. The van der Waals surface area contributed by atoms with Crippen LogP contribution in [0.3, 0.4) is 0 Å². The molecule has 108 valence electrons. The minimum atomic E-state index is -4.25. The smallest absolute Gasteiger partial charge is 0.407 e. The van der Waals surface area contributed by atoms with Crippen molar-refractivity contribution in [3.05, 3.63) is 29.6 Å². The van der Waals surface area contributed by atoms with Crippen molar-refractivity contribution >= 4 is 6.09 Å². The van der Waals surface area contributed by atoms with Crippen molar-refractivity contribution in [1.82, 2.24) is 9.88 Å². The van der Waals surface area contributed by atoms with Gasteiger partial charge in [-0.3, -0.25) is 4.98 Å². The lowest BCUT2D eigenvalue weighted by Gasteiger charge is -2.37. The summed E-state index contributed by atoms with van der Waals surface area (Å²) in [4.78, 5) is 15.9. The summed E-state index contributed by atoms with van der Waals surface area (Å²) in [6.45, 7) is 0.752. The van der Waals surface area contributed by atoms with Crippen LogP contribution in [-0.2, 0) is 5.41 Å². The van der Waals surface area contributed by atoms with E-state index in [-0.39, 0.29) is 24.5 Å². The lowest BCUT2D eigenvalue weighted by atomic mass is 9.92. The van der Waals surface area contributed by atoms with Gasteiger partial charge in [-0.2, -0.15) is 13.2 Å². The molecule has 0 radical (unpaired) electrons. The topological polar surface area (TPSA) is 53.4 Å². The van der Waals surface area contributed by atoms with Gasteiger partial charge in [0.2, 0.25) is 0 Å². The van der Waals surface area contributed by atoms with Crippen molar-refractivity contribution in [2.45, 2.75) is 30.4 Å². The van der Waals surface area contributed by atoms with E-state index in [1.807, 2.05) is 0 Å². The summed E-state index contributed by atoms with van der Waals surface area (Å²) in [6.07, 6.45) is -3.58. The van der Waals surface area contributed by atoms with Crippen LogP contribution in [0.4, 0.5) is 18.0 Å². The molecule has 1 amide bonds. The fourth-order valence-corrected chi connectivity index (χ4v) is 2.59. The molecular formula is C13H13F3N2O2. The zero-order valence-electron chi connectivity index (χ0n) is 10.5. The summed E-state index contributed by atoms with van der Waals surface area (Å²) in [5.41, 5.74) is -0.884. The Morgan fingerprint density at radius 3 is 2.40 bits per heavy atom. The summed E-state index contributed by atoms with van der Waals surface area (Å²) < 4.78 is 38.8. The normalized spacial score (nSPS) is 21.4. The van der Waals surface area contributed by atoms with E-state index in [0.29, 0.717) is 13.1 Å². The second kappa shape index (κ2) is 4.10. The highest BCUT2D eigenvalue weighted by Gasteiger charge is 2.65. The van der Waals surface area contributed by atoms with Crippen molar-refractivity contribution in [3.63, 3.8) is 0 Å². The van der Waals surface area contributed by atoms with Crippen molar-refractivity contribution < 1.29 is 23.1 Å². The Hall–Kier alpha value is -1.79. The first-order chi connectivity index (χ1) is 9.33. The molecule has 2 fully saturated rings. The summed E-state index contributed by atoms with van der Waals surface area (Å²) >= 11 is 0. The number of pyridine rings is 1. The third-order valence-electron chi connectivity index (χ3n) is 4.19. The minimum absolute atomic E-state index is 0.0358. The van der Waals surface area contributed by atoms with Crippen molar-refractivity contribution in [3.8, 4) is 0 Å². The Labute approximate surface area is 113 Å². The van der Waals surface area contributed by atoms with Crippen LogP contribution in [0.1, 0.15) is 30.0 Å². The molecule has 1 N–H and O–H groups in total. The second-order valence-corrected chi connectivity index (χ2v) is 5.44. The third-order valence-corrected chi connectivity index (χ3v) is 4.19. The van der Waals surface area contributed by atoms with E-state index in [2.05, 4.69) is 4.98 Å². The number of carboxylic acid groups (broad SMARTS) is 1. The molecule has 0 spiro atoms. The first kappa shape index (κ1) is 13.2. The maximum atomic E-state index is 12.9. The molecule has 7 heteroatoms. The average molecular weight is 286 g/mol. The lowest BCUT2D eigenvalue weighted by Crippen LogP contribution is -2.47. The van der Waals surface area contributed by atoms with Gasteiger partial charge < -0.3 is 10.0 Å². The number of rotatable bonds is 2. The minimum Gasteiger partial charge on any atom is -0.465 e. The molecule has 1 aliphatic heterocycles. The van der Waals surface area contributed by atoms with E-state index in [0.717, 1.165) is 5.56 Å². The average Bonchev–Trinajstić information content (AvgIpc) is 3.07. The number of halogens is 3. The molecule has 1 aromatic heterocycles. The van der Waals surface area contributed by atoms with E-state index in [9.17, 15) is 18.0 Å². The molecule has 20 heavy (non-hydrogen) atoms. The van der Waals surface area contributed by atoms with Crippen LogP contribution in [-0.4, -0.2) is 40.3 Å². The van der Waals surface area contributed by atoms with Crippen LogP contribution in [0.15, 0.2) is 18.3 Å². The quantitative estimate of drug-likeness (QED) is 0.909. The molecular weight excluding hydrogens is 273 g/mol. The van der Waals surface area contributed by atoms with E-state index in [1.54, 1.807) is 6.07 Å². The highest BCUT2D eigenvalue weighted by molar-refractivity contribution is 5.66. The van der Waals surface area contributed by atoms with Gasteiger partial charge in [-0.05, 0) is 24.5 Å². The molecule has 2 aliphatic rings. The second-order valence-electron chi connectivity index (χ2n) is 5.44. The monoisotopic (exact) mass is 286 g/mol. The van der Waals surface area contributed by atoms with E-state index < -0.39 is 17.7 Å². The molecule has 0 unspecified atom stereocenters. The standard InChI is InChI=1S/C13H13F3N2O2/c14-13(15,16)12(3-4-12)10-2-1-8(5-17-10)9-6-18(7-9)11(19)20/h1-2,5,9H,3-4,6-7H2,(H,19,20). The van der Waals surface area contributed by atoms with Crippen LogP contribution >= 0.6 is 0 Å². The van der Waals surface area contributed by atoms with E-state index in [1.165, 1.54) is 17.2 Å². The van der Waals surface area contributed by atoms with Gasteiger partial charge in [0.05, 0.1) is 5.69 Å². The number of alkyl halides is 3. The highest BCUT2D eigenvalue weighted by atomic mass is 19.4. The molecule has 0 bridgehead atoms. The van der Waals surface area contributed by atoms with Gasteiger partial charge in [-0.15, -0.1) is 0 Å². The fraction of sp³-hybridized carbons (Fsp3) is 0.538. The third kappa shape index (κ3) is 1.92. The van der Waals surface area contributed by atoms with Gasteiger partial charge in [-0.1, -0.05) is 6.07 Å². The summed E-state index contributed by atoms with van der Waals surface area (Å²) in [5, 5.41) is 8.73. The number of hydrogen-bond acceptors (Lipinski definition) is 2. The van der Waals surface area contributed by atoms with Gasteiger partial charge in [0.1, 0.15) is 5.41 Å². The van der Waals surface area contributed by atoms with Gasteiger partial charge in [0.15, 0.2) is 0 Å². The molecule has 4 nitrogen and oxygen atoms in total. The Balaban J connectivity index is 1.72. The predicted molar refractivity (Wildman–Crippen MR) is 63.5 cm³/mol. The van der Waals surface area contributed by atoms with Crippen molar-refractivity contribution in [1.29, 1.82) is 0 Å². The van der Waals surface area contributed by atoms with Gasteiger partial charge in [-0.25, -0.2) is 4.79 Å². The molecule has 3 rings (SSSR count). The SMILES string of the molecule is O=C(O)N1CC(c2ccc(C3(C(F)(F)F)CC3)nc2)C1. The van der Waals surface area contributed by atoms with Crippen LogP contribution in [0, 0.1) is 0 Å². The van der Waals surface area contributed by atoms with Crippen molar-refractivity contribution in [2.24, 2.45) is 0 Å². The molecule has 0 aromatic carbocycles. The van der Waals surface area contributed by atoms with Crippen LogP contribution in [0.25, 0.3) is 0 Å². The molecule has 1 aromatic rings. The molecule has 0 atom stereocenters. The molecule has 1 aliphatic carbocycles. The summed E-state index contributed by atoms with van der Waals surface area (Å²) in [6, 6.07) is 3.07. The first-order valence-corrected chi connectivity index (χ1v) is 6.34. The van der Waals surface area contributed by atoms with Gasteiger partial charge in [0, 0.05) is 25.2 Å². The predicted octanol–water partition coefficient (Wildman–Crippen LogP) is 2.75.